The van der Waals surface area contributed by atoms with Gasteiger partial charge in [0, 0.05) is 67.9 Å². The number of hydrogen-bond acceptors (Lipinski definition) is 7. The van der Waals surface area contributed by atoms with Crippen LogP contribution in [0.5, 0.6) is 0 Å². The molecule has 65 heavy (non-hydrogen) atoms. The first-order valence-electron chi connectivity index (χ1n) is 19.5. The maximum atomic E-state index is 9.57. The van der Waals surface area contributed by atoms with E-state index in [-0.39, 0.29) is 6.54 Å². The number of hydrogen-bond donors (Lipinski definition) is 0. The van der Waals surface area contributed by atoms with Crippen molar-refractivity contribution in [1.82, 2.24) is 38.2 Å². The Balaban J connectivity index is 0.000000165. The van der Waals surface area contributed by atoms with Gasteiger partial charge in [-0.1, -0.05) is 72.8 Å². The largest absolute Gasteiger partial charge is 0.535 e. The summed E-state index contributed by atoms with van der Waals surface area (Å²) in [6, 6.07) is 53.0. The van der Waals surface area contributed by atoms with Crippen molar-refractivity contribution >= 4 is 89.3 Å². The van der Waals surface area contributed by atoms with Crippen molar-refractivity contribution in [2.24, 2.45) is 0 Å². The number of halogens is 2. The summed E-state index contributed by atoms with van der Waals surface area (Å²) in [5, 5.41) is 26.7. The van der Waals surface area contributed by atoms with Gasteiger partial charge in [0.1, 0.15) is 11.9 Å². The number of nitriles is 3. The van der Waals surface area contributed by atoms with Crippen LogP contribution >= 0.6 is 45.2 Å². The summed E-state index contributed by atoms with van der Waals surface area (Å²) in [5.41, 5.74) is 10.3. The Morgan fingerprint density at radius 1 is 0.477 bits per heavy atom. The Labute approximate surface area is 399 Å². The monoisotopic (exact) mass is 1070 g/mol. The molecule has 308 valence electrons. The smallest absolute Gasteiger partial charge is 0.301 e. The van der Waals surface area contributed by atoms with Gasteiger partial charge in [0.25, 0.3) is 12.4 Å². The van der Waals surface area contributed by atoms with E-state index in [0.717, 1.165) is 52.5 Å². The Hall–Kier alpha value is -8.40. The molecule has 0 fully saturated rings. The highest BCUT2D eigenvalue weighted by atomic mass is 127. The molecule has 0 spiro atoms. The first-order valence-corrected chi connectivity index (χ1v) is 21.6. The van der Waals surface area contributed by atoms with Crippen LogP contribution in [-0.4, -0.2) is 44.7 Å². The SMILES string of the molecule is Ic1nc2cc3c(cc2n1-c1ccccc1)nc(I)n3-c1ccccc1.[C-]#[N+]C([N+]#[C-])c1nc2cc3c(cc2n1-c1ccccc1)nc(C(C#N)C#N)n3-c1ccccc1.[C-]#[N+]CC#N. The molecule has 4 aromatic heterocycles. The van der Waals surface area contributed by atoms with Gasteiger partial charge in [-0.3, -0.25) is 18.3 Å². The van der Waals surface area contributed by atoms with E-state index < -0.39 is 12.1 Å². The van der Waals surface area contributed by atoms with Crippen molar-refractivity contribution in [2.75, 3.05) is 6.54 Å². The summed E-state index contributed by atoms with van der Waals surface area (Å²) in [5.74, 6) is -0.400. The molecule has 10 aromatic rings. The van der Waals surface area contributed by atoms with Crippen molar-refractivity contribution in [3.63, 3.8) is 0 Å². The lowest BCUT2D eigenvalue weighted by atomic mass is 10.2. The summed E-state index contributed by atoms with van der Waals surface area (Å²) in [7, 11) is 0. The first-order chi connectivity index (χ1) is 31.8. The second kappa shape index (κ2) is 19.3. The number of aromatic nitrogens is 8. The third kappa shape index (κ3) is 8.44. The summed E-state index contributed by atoms with van der Waals surface area (Å²) >= 11 is 4.58. The lowest BCUT2D eigenvalue weighted by molar-refractivity contribution is 0.872. The summed E-state index contributed by atoms with van der Waals surface area (Å²) in [4.78, 5) is 28.6. The molecular formula is C49H28I2N14. The van der Waals surface area contributed by atoms with Crippen LogP contribution in [0.4, 0.5) is 0 Å². The van der Waals surface area contributed by atoms with Gasteiger partial charge in [-0.05, 0) is 72.8 Å². The molecule has 0 aliphatic heterocycles. The zero-order chi connectivity index (χ0) is 45.5. The van der Waals surface area contributed by atoms with E-state index in [1.54, 1.807) is 15.2 Å². The van der Waals surface area contributed by atoms with E-state index in [2.05, 4.69) is 115 Å². The van der Waals surface area contributed by atoms with Gasteiger partial charge < -0.3 is 4.85 Å². The number of nitrogens with zero attached hydrogens (tertiary/aromatic N) is 14. The van der Waals surface area contributed by atoms with Gasteiger partial charge in [0.05, 0.1) is 56.3 Å². The molecule has 10 rings (SSSR count). The van der Waals surface area contributed by atoms with Gasteiger partial charge in [0.15, 0.2) is 13.6 Å². The Bertz CT molecular complexity index is 3360. The van der Waals surface area contributed by atoms with Gasteiger partial charge in [-0.2, -0.15) is 15.8 Å². The van der Waals surface area contributed by atoms with E-state index in [1.165, 1.54) is 0 Å². The quantitative estimate of drug-likeness (QED) is 0.0911. The van der Waals surface area contributed by atoms with Crippen LogP contribution in [0.15, 0.2) is 146 Å². The second-order valence-electron chi connectivity index (χ2n) is 13.8. The minimum absolute atomic E-state index is 0.0139. The number of fused-ring (bicyclic) bond motifs is 4. The van der Waals surface area contributed by atoms with Crippen LogP contribution in [0.3, 0.4) is 0 Å². The maximum Gasteiger partial charge on any atom is 0.535 e. The molecule has 6 aromatic carbocycles. The molecule has 0 saturated carbocycles. The fourth-order valence-corrected chi connectivity index (χ4v) is 8.90. The first kappa shape index (κ1) is 43.3. The molecule has 4 heterocycles. The van der Waals surface area contributed by atoms with E-state index in [0.29, 0.717) is 33.7 Å². The molecule has 0 atom stereocenters. The van der Waals surface area contributed by atoms with Gasteiger partial charge in [0.2, 0.25) is 0 Å². The third-order valence-electron chi connectivity index (χ3n) is 10.0. The molecule has 0 aliphatic rings. The van der Waals surface area contributed by atoms with Crippen LogP contribution < -0.4 is 0 Å². The Morgan fingerprint density at radius 3 is 1.12 bits per heavy atom. The minimum atomic E-state index is -1.09. The molecule has 0 aliphatic carbocycles. The van der Waals surface area contributed by atoms with E-state index in [4.69, 9.17) is 34.9 Å². The van der Waals surface area contributed by atoms with E-state index in [9.17, 15) is 10.5 Å². The minimum Gasteiger partial charge on any atom is -0.301 e. The lowest BCUT2D eigenvalue weighted by Gasteiger charge is -2.09. The number of para-hydroxylation sites is 4. The highest BCUT2D eigenvalue weighted by molar-refractivity contribution is 14.1. The molecular weight excluding hydrogens is 1040 g/mol. The predicted molar refractivity (Wildman–Crippen MR) is 264 cm³/mol. The number of rotatable bonds is 6. The number of benzene rings is 6. The Morgan fingerprint density at radius 2 is 0.800 bits per heavy atom. The van der Waals surface area contributed by atoms with E-state index in [1.807, 2.05) is 121 Å². The maximum absolute atomic E-state index is 9.57. The average molecular weight is 1070 g/mol. The zero-order valence-electron chi connectivity index (χ0n) is 33.7. The summed E-state index contributed by atoms with van der Waals surface area (Å²) in [6.07, 6.45) is -1.09. The van der Waals surface area contributed by atoms with Gasteiger partial charge in [-0.25, -0.2) is 49.3 Å². The fraction of sp³-hybridized carbons (Fsp3) is 0.0612. The molecule has 0 saturated heterocycles. The standard InChI is InChI=1S/C26H14N8.C20H12I2N4.C3H2N2/c1-29-24(30-2)26-32-21-14-22-20(13-23(21)34(26)19-11-7-4-8-12-19)31-25(17(15-27)16-28)33(22)18-9-5-3-6-10-18;21-19-23-15-12-18-16(11-17(15)25(19)13-7-3-1-4-8-13)24-20(22)26(18)14-9-5-2-6-10-14;1-5-3-2-4/h3-14,17,24H;1-12H;3H2. The topological polar surface area (TPSA) is 156 Å². The Kier molecular flexibility index (Phi) is 12.9. The van der Waals surface area contributed by atoms with Gasteiger partial charge in [-0.15, -0.1) is 0 Å². The average Bonchev–Trinajstić information content (AvgIpc) is 4.08. The number of imidazole rings is 4. The lowest BCUT2D eigenvalue weighted by Crippen LogP contribution is -2.05. The second-order valence-corrected chi connectivity index (χ2v) is 15.8. The third-order valence-corrected chi connectivity index (χ3v) is 11.5. The van der Waals surface area contributed by atoms with Crippen LogP contribution in [0.1, 0.15) is 23.7 Å². The van der Waals surface area contributed by atoms with Crippen molar-refractivity contribution in [2.45, 2.75) is 12.1 Å². The molecule has 14 nitrogen and oxygen atoms in total. The van der Waals surface area contributed by atoms with Gasteiger partial charge >= 0.3 is 6.17 Å². The zero-order valence-corrected chi connectivity index (χ0v) is 38.1. The van der Waals surface area contributed by atoms with Crippen LogP contribution in [0.2, 0.25) is 0 Å². The van der Waals surface area contributed by atoms with Crippen LogP contribution in [0.25, 0.3) is 81.4 Å². The van der Waals surface area contributed by atoms with Crippen LogP contribution in [-0.2, 0) is 0 Å². The van der Waals surface area contributed by atoms with Crippen molar-refractivity contribution < 1.29 is 0 Å². The molecule has 0 radical (unpaired) electrons. The predicted octanol–water partition coefficient (Wildman–Crippen LogP) is 11.3. The highest BCUT2D eigenvalue weighted by Crippen LogP contribution is 2.34. The molecule has 0 amide bonds. The normalized spacial score (nSPS) is 10.6. The van der Waals surface area contributed by atoms with E-state index >= 15 is 0 Å². The molecule has 0 bridgehead atoms. The van der Waals surface area contributed by atoms with Crippen molar-refractivity contribution in [3.05, 3.63) is 199 Å². The fourth-order valence-electron chi connectivity index (χ4n) is 7.31. The van der Waals surface area contributed by atoms with Crippen molar-refractivity contribution in [1.29, 1.82) is 15.8 Å². The summed E-state index contributed by atoms with van der Waals surface area (Å²) in [6.45, 7) is 21.0. The molecule has 16 heteroatoms. The van der Waals surface area contributed by atoms with Crippen molar-refractivity contribution in [3.8, 4) is 41.0 Å². The molecule has 0 unspecified atom stereocenters. The molecule has 0 N–H and O–H groups in total. The summed E-state index contributed by atoms with van der Waals surface area (Å²) < 4.78 is 9.81. The van der Waals surface area contributed by atoms with Crippen LogP contribution in [0, 0.1) is 61.4 Å². The highest BCUT2D eigenvalue weighted by Gasteiger charge is 2.31.